The number of fused-ring (bicyclic) bond motifs is 1. The standard InChI is InChI=1S/C21H19NO4/c1-3-25-21(24)20-14(2)17-13-16(10-11-18(17)26-20)22-19(23)12-9-15-7-5-4-6-8-15/h4-13H,3H2,1-2H3,(H,22,23)/b12-9+. The predicted molar refractivity (Wildman–Crippen MR) is 101 cm³/mol. The predicted octanol–water partition coefficient (Wildman–Crippen LogP) is 4.57. The third kappa shape index (κ3) is 3.83. The zero-order valence-electron chi connectivity index (χ0n) is 14.6. The summed E-state index contributed by atoms with van der Waals surface area (Å²) in [5, 5.41) is 3.57. The molecule has 5 heteroatoms. The smallest absolute Gasteiger partial charge is 0.374 e. The van der Waals surface area contributed by atoms with E-state index in [0.29, 0.717) is 16.8 Å². The molecule has 0 aliphatic rings. The first-order chi connectivity index (χ1) is 12.6. The molecule has 3 rings (SSSR count). The van der Waals surface area contributed by atoms with E-state index in [9.17, 15) is 9.59 Å². The lowest BCUT2D eigenvalue weighted by molar-refractivity contribution is -0.111. The van der Waals surface area contributed by atoms with Gasteiger partial charge in [-0.1, -0.05) is 30.3 Å². The van der Waals surface area contributed by atoms with Gasteiger partial charge in [-0.05, 0) is 43.7 Å². The van der Waals surface area contributed by atoms with E-state index < -0.39 is 5.97 Å². The number of esters is 1. The van der Waals surface area contributed by atoms with Crippen molar-refractivity contribution in [3.63, 3.8) is 0 Å². The number of carbonyl (C=O) groups is 2. The maximum absolute atomic E-state index is 12.1. The van der Waals surface area contributed by atoms with Gasteiger partial charge in [0.2, 0.25) is 11.7 Å². The summed E-state index contributed by atoms with van der Waals surface area (Å²) in [6.07, 6.45) is 3.22. The van der Waals surface area contributed by atoms with Crippen LogP contribution in [0.25, 0.3) is 17.0 Å². The monoisotopic (exact) mass is 349 g/mol. The molecule has 0 saturated carbocycles. The largest absolute Gasteiger partial charge is 0.460 e. The Morgan fingerprint density at radius 2 is 1.92 bits per heavy atom. The fraction of sp³-hybridized carbons (Fsp3) is 0.143. The van der Waals surface area contributed by atoms with Crippen molar-refractivity contribution in [3.05, 3.63) is 71.5 Å². The summed E-state index contributed by atoms with van der Waals surface area (Å²) in [5.41, 5.74) is 2.83. The highest BCUT2D eigenvalue weighted by Gasteiger charge is 2.18. The molecule has 1 amide bonds. The minimum Gasteiger partial charge on any atom is -0.460 e. The molecule has 132 valence electrons. The summed E-state index contributed by atoms with van der Waals surface area (Å²) in [4.78, 5) is 24.0. The zero-order valence-corrected chi connectivity index (χ0v) is 14.6. The lowest BCUT2D eigenvalue weighted by atomic mass is 10.1. The van der Waals surface area contributed by atoms with Gasteiger partial charge < -0.3 is 14.5 Å². The summed E-state index contributed by atoms with van der Waals surface area (Å²) in [5.74, 6) is -0.535. The number of hydrogen-bond donors (Lipinski definition) is 1. The van der Waals surface area contributed by atoms with Gasteiger partial charge in [-0.2, -0.15) is 0 Å². The summed E-state index contributed by atoms with van der Waals surface area (Å²) >= 11 is 0. The second-order valence-electron chi connectivity index (χ2n) is 5.72. The van der Waals surface area contributed by atoms with Gasteiger partial charge in [0.15, 0.2) is 0 Å². The van der Waals surface area contributed by atoms with Gasteiger partial charge in [0.1, 0.15) is 5.58 Å². The van der Waals surface area contributed by atoms with E-state index in [1.54, 1.807) is 38.1 Å². The number of aryl methyl sites for hydroxylation is 1. The lowest BCUT2D eigenvalue weighted by Crippen LogP contribution is -2.07. The van der Waals surface area contributed by atoms with Gasteiger partial charge in [-0.3, -0.25) is 4.79 Å². The van der Waals surface area contributed by atoms with E-state index in [0.717, 1.165) is 10.9 Å². The molecule has 0 spiro atoms. The van der Waals surface area contributed by atoms with Gasteiger partial charge in [-0.25, -0.2) is 4.79 Å². The van der Waals surface area contributed by atoms with Crippen molar-refractivity contribution in [3.8, 4) is 0 Å². The number of nitrogens with one attached hydrogen (secondary N) is 1. The van der Waals surface area contributed by atoms with Crippen molar-refractivity contribution in [1.29, 1.82) is 0 Å². The van der Waals surface area contributed by atoms with Gasteiger partial charge in [-0.15, -0.1) is 0 Å². The van der Waals surface area contributed by atoms with Crippen LogP contribution in [-0.4, -0.2) is 18.5 Å². The number of rotatable bonds is 5. The number of hydrogen-bond acceptors (Lipinski definition) is 4. The molecule has 0 aliphatic carbocycles. The molecule has 2 aromatic carbocycles. The molecule has 1 aromatic heterocycles. The molecule has 0 unspecified atom stereocenters. The average molecular weight is 349 g/mol. The van der Waals surface area contributed by atoms with Crippen LogP contribution in [0.4, 0.5) is 5.69 Å². The molecule has 5 nitrogen and oxygen atoms in total. The maximum Gasteiger partial charge on any atom is 0.374 e. The lowest BCUT2D eigenvalue weighted by Gasteiger charge is -2.02. The molecular weight excluding hydrogens is 330 g/mol. The maximum atomic E-state index is 12.1. The fourth-order valence-corrected chi connectivity index (χ4v) is 2.61. The molecular formula is C21H19NO4. The second-order valence-corrected chi connectivity index (χ2v) is 5.72. The number of ether oxygens (including phenoxy) is 1. The molecule has 0 radical (unpaired) electrons. The second kappa shape index (κ2) is 7.70. The molecule has 0 bridgehead atoms. The Kier molecular flexibility index (Phi) is 5.17. The molecule has 3 aromatic rings. The van der Waals surface area contributed by atoms with Crippen LogP contribution in [0.15, 0.2) is 59.0 Å². The first-order valence-corrected chi connectivity index (χ1v) is 8.33. The number of anilines is 1. The Morgan fingerprint density at radius 3 is 2.65 bits per heavy atom. The molecule has 1 heterocycles. The summed E-state index contributed by atoms with van der Waals surface area (Å²) in [6.45, 7) is 3.82. The number of carbonyl (C=O) groups excluding carboxylic acids is 2. The Labute approximate surface area is 151 Å². The van der Waals surface area contributed by atoms with E-state index in [2.05, 4.69) is 5.32 Å². The Balaban J connectivity index is 1.78. The summed E-state index contributed by atoms with van der Waals surface area (Å²) in [7, 11) is 0. The van der Waals surface area contributed by atoms with Gasteiger partial charge in [0, 0.05) is 22.7 Å². The Morgan fingerprint density at radius 1 is 1.15 bits per heavy atom. The van der Waals surface area contributed by atoms with Crippen LogP contribution >= 0.6 is 0 Å². The van der Waals surface area contributed by atoms with Gasteiger partial charge >= 0.3 is 5.97 Å². The van der Waals surface area contributed by atoms with Crippen LogP contribution in [0.2, 0.25) is 0 Å². The number of amides is 1. The van der Waals surface area contributed by atoms with Crippen molar-refractivity contribution in [1.82, 2.24) is 0 Å². The van der Waals surface area contributed by atoms with Crippen molar-refractivity contribution in [2.45, 2.75) is 13.8 Å². The van der Waals surface area contributed by atoms with Crippen molar-refractivity contribution >= 4 is 34.6 Å². The zero-order chi connectivity index (χ0) is 18.5. The van der Waals surface area contributed by atoms with E-state index in [-0.39, 0.29) is 18.3 Å². The van der Waals surface area contributed by atoms with Crippen LogP contribution in [0.3, 0.4) is 0 Å². The normalized spacial score (nSPS) is 11.0. The van der Waals surface area contributed by atoms with Crippen LogP contribution < -0.4 is 5.32 Å². The van der Waals surface area contributed by atoms with Crippen molar-refractivity contribution in [2.24, 2.45) is 0 Å². The first-order valence-electron chi connectivity index (χ1n) is 8.33. The molecule has 1 N–H and O–H groups in total. The van der Waals surface area contributed by atoms with Crippen molar-refractivity contribution < 1.29 is 18.7 Å². The highest BCUT2D eigenvalue weighted by atomic mass is 16.5. The third-order valence-corrected chi connectivity index (χ3v) is 3.89. The molecule has 0 fully saturated rings. The number of benzene rings is 2. The summed E-state index contributed by atoms with van der Waals surface area (Å²) in [6, 6.07) is 14.8. The van der Waals surface area contributed by atoms with Crippen LogP contribution in [0.1, 0.15) is 28.6 Å². The summed E-state index contributed by atoms with van der Waals surface area (Å²) < 4.78 is 10.6. The molecule has 0 aliphatic heterocycles. The van der Waals surface area contributed by atoms with Gasteiger partial charge in [0.25, 0.3) is 0 Å². The van der Waals surface area contributed by atoms with E-state index in [1.165, 1.54) is 6.08 Å². The minimum absolute atomic E-state index is 0.189. The molecule has 26 heavy (non-hydrogen) atoms. The fourth-order valence-electron chi connectivity index (χ4n) is 2.61. The van der Waals surface area contributed by atoms with Crippen LogP contribution in [0, 0.1) is 6.92 Å². The SMILES string of the molecule is CCOC(=O)c1oc2ccc(NC(=O)/C=C/c3ccccc3)cc2c1C. The van der Waals surface area contributed by atoms with E-state index in [4.69, 9.17) is 9.15 Å². The highest BCUT2D eigenvalue weighted by Crippen LogP contribution is 2.28. The van der Waals surface area contributed by atoms with Crippen LogP contribution in [-0.2, 0) is 9.53 Å². The first kappa shape index (κ1) is 17.5. The van der Waals surface area contributed by atoms with E-state index >= 15 is 0 Å². The Bertz CT molecular complexity index is 970. The number of furan rings is 1. The van der Waals surface area contributed by atoms with E-state index in [1.807, 2.05) is 30.3 Å². The third-order valence-electron chi connectivity index (χ3n) is 3.89. The quantitative estimate of drug-likeness (QED) is 0.541. The van der Waals surface area contributed by atoms with Gasteiger partial charge in [0.05, 0.1) is 6.61 Å². The topological polar surface area (TPSA) is 68.5 Å². The van der Waals surface area contributed by atoms with Crippen LogP contribution in [0.5, 0.6) is 0 Å². The van der Waals surface area contributed by atoms with Crippen molar-refractivity contribution in [2.75, 3.05) is 11.9 Å². The molecule has 0 atom stereocenters. The Hall–Kier alpha value is -3.34. The molecule has 0 saturated heterocycles. The minimum atomic E-state index is -0.488. The average Bonchev–Trinajstić information content (AvgIpc) is 2.98. The highest BCUT2D eigenvalue weighted by molar-refractivity contribution is 6.03.